The zero-order valence-corrected chi connectivity index (χ0v) is 16.3. The van der Waals surface area contributed by atoms with Gasteiger partial charge in [0.15, 0.2) is 0 Å². The van der Waals surface area contributed by atoms with Gasteiger partial charge in [-0.25, -0.2) is 0 Å². The molecule has 1 unspecified atom stereocenters. The van der Waals surface area contributed by atoms with Gasteiger partial charge in [0, 0.05) is 18.8 Å². The number of carbonyl (C=O) groups excluding carboxylic acids is 2. The highest BCUT2D eigenvalue weighted by molar-refractivity contribution is 5.87. The smallest absolute Gasteiger partial charge is 0.303 e. The molecule has 156 valence electrons. The number of carboxylic acid groups (broad SMARTS) is 2. The molecule has 0 aromatic heterocycles. The quantitative estimate of drug-likeness (QED) is 0.184. The summed E-state index contributed by atoms with van der Waals surface area (Å²) in [6, 6.07) is 0. The van der Waals surface area contributed by atoms with Crippen molar-refractivity contribution in [2.24, 2.45) is 0 Å². The number of carbonyl (C=O) groups is 3. The molecular formula is C19H34N2O6. The van der Waals surface area contributed by atoms with Crippen LogP contribution in [0.25, 0.3) is 0 Å². The largest absolute Gasteiger partial charge is 0.550 e. The molecule has 1 amide bonds. The van der Waals surface area contributed by atoms with E-state index in [9.17, 15) is 24.6 Å². The third kappa shape index (κ3) is 13.9. The molecule has 0 aromatic carbocycles. The van der Waals surface area contributed by atoms with E-state index in [1.54, 1.807) is 0 Å². The molecule has 0 aliphatic heterocycles. The van der Waals surface area contributed by atoms with Gasteiger partial charge in [-0.1, -0.05) is 25.8 Å². The number of allylic oxidation sites excluding steroid dienone is 1. The molecule has 0 rings (SSSR count). The maximum Gasteiger partial charge on any atom is 0.303 e. The lowest BCUT2D eigenvalue weighted by Crippen LogP contribution is -2.54. The Labute approximate surface area is 161 Å². The number of hydrogen-bond acceptors (Lipinski definition) is 5. The molecule has 0 aromatic rings. The van der Waals surface area contributed by atoms with Gasteiger partial charge in [0.1, 0.15) is 6.54 Å². The van der Waals surface area contributed by atoms with Gasteiger partial charge < -0.3 is 29.9 Å². The van der Waals surface area contributed by atoms with Crippen molar-refractivity contribution in [2.45, 2.75) is 51.9 Å². The molecule has 0 saturated heterocycles. The van der Waals surface area contributed by atoms with Gasteiger partial charge in [-0.2, -0.15) is 0 Å². The lowest BCUT2D eigenvalue weighted by Gasteiger charge is -2.38. The fraction of sp³-hybridized carbons (Fsp3) is 0.737. The summed E-state index contributed by atoms with van der Waals surface area (Å²) in [4.78, 5) is 33.3. The van der Waals surface area contributed by atoms with Crippen LogP contribution < -0.4 is 10.4 Å². The van der Waals surface area contributed by atoms with Crippen molar-refractivity contribution in [3.05, 3.63) is 12.2 Å². The van der Waals surface area contributed by atoms with Crippen LogP contribution in [0.5, 0.6) is 0 Å². The Kier molecular flexibility index (Phi) is 14.1. The highest BCUT2D eigenvalue weighted by Crippen LogP contribution is 2.12. The molecule has 1 atom stereocenters. The van der Waals surface area contributed by atoms with Crippen LogP contribution in [0.4, 0.5) is 0 Å². The molecule has 0 bridgehead atoms. The first-order valence-electron chi connectivity index (χ1n) is 9.67. The second-order valence-electron chi connectivity index (χ2n) is 6.77. The summed E-state index contributed by atoms with van der Waals surface area (Å²) in [7, 11) is 0. The van der Waals surface area contributed by atoms with E-state index in [0.717, 1.165) is 19.3 Å². The van der Waals surface area contributed by atoms with Crippen LogP contribution in [0, 0.1) is 0 Å². The SMILES string of the molecule is CCCC/C=C/C(=O)NCC[N+](CCO)(CCCC(=O)[O-])CCCC(=O)O. The highest BCUT2D eigenvalue weighted by atomic mass is 16.4. The van der Waals surface area contributed by atoms with E-state index in [0.29, 0.717) is 50.0 Å². The minimum Gasteiger partial charge on any atom is -0.550 e. The number of unbranched alkanes of at least 4 members (excludes halogenated alkanes) is 2. The average molecular weight is 386 g/mol. The van der Waals surface area contributed by atoms with E-state index < -0.39 is 11.9 Å². The zero-order chi connectivity index (χ0) is 20.5. The second-order valence-corrected chi connectivity index (χ2v) is 6.77. The first-order valence-corrected chi connectivity index (χ1v) is 9.67. The molecule has 8 heteroatoms. The highest BCUT2D eigenvalue weighted by Gasteiger charge is 2.26. The summed E-state index contributed by atoms with van der Waals surface area (Å²) in [6.07, 6.45) is 7.02. The van der Waals surface area contributed by atoms with Crippen LogP contribution in [0.2, 0.25) is 0 Å². The lowest BCUT2D eigenvalue weighted by molar-refractivity contribution is -0.927. The predicted octanol–water partition coefficient (Wildman–Crippen LogP) is 0.0530. The van der Waals surface area contributed by atoms with Crippen LogP contribution in [0.15, 0.2) is 12.2 Å². The third-order valence-electron chi connectivity index (χ3n) is 4.49. The van der Waals surface area contributed by atoms with Crippen LogP contribution in [-0.4, -0.2) is 71.9 Å². The number of rotatable bonds is 17. The number of nitrogens with one attached hydrogen (secondary N) is 1. The molecule has 0 spiro atoms. The number of nitrogens with zero attached hydrogens (tertiary/aromatic N) is 1. The minimum absolute atomic E-state index is 0.0123. The molecule has 3 N–H and O–H groups in total. The van der Waals surface area contributed by atoms with Gasteiger partial charge in [0.2, 0.25) is 5.91 Å². The minimum atomic E-state index is -1.13. The predicted molar refractivity (Wildman–Crippen MR) is 99.6 cm³/mol. The number of aliphatic hydroxyl groups excluding tert-OH is 1. The lowest BCUT2D eigenvalue weighted by atomic mass is 10.2. The molecule has 0 radical (unpaired) electrons. The van der Waals surface area contributed by atoms with E-state index in [2.05, 4.69) is 12.2 Å². The molecule has 27 heavy (non-hydrogen) atoms. The summed E-state index contributed by atoms with van der Waals surface area (Å²) in [5, 5.41) is 31.8. The van der Waals surface area contributed by atoms with E-state index >= 15 is 0 Å². The number of amides is 1. The fourth-order valence-corrected chi connectivity index (χ4v) is 2.99. The first-order chi connectivity index (χ1) is 12.8. The van der Waals surface area contributed by atoms with Crippen molar-refractivity contribution in [2.75, 3.05) is 39.3 Å². The number of carboxylic acids is 2. The van der Waals surface area contributed by atoms with Crippen LogP contribution >= 0.6 is 0 Å². The maximum absolute atomic E-state index is 11.8. The van der Waals surface area contributed by atoms with Gasteiger partial charge >= 0.3 is 5.97 Å². The Hall–Kier alpha value is -1.93. The molecule has 0 saturated carbocycles. The third-order valence-corrected chi connectivity index (χ3v) is 4.49. The Morgan fingerprint density at radius 2 is 1.70 bits per heavy atom. The van der Waals surface area contributed by atoms with Crippen LogP contribution in [-0.2, 0) is 14.4 Å². The summed E-state index contributed by atoms with van der Waals surface area (Å²) in [5.74, 6) is -2.21. The second kappa shape index (κ2) is 15.2. The van der Waals surface area contributed by atoms with Gasteiger partial charge in [-0.05, 0) is 18.9 Å². The molecule has 0 heterocycles. The Morgan fingerprint density at radius 1 is 1.04 bits per heavy atom. The van der Waals surface area contributed by atoms with E-state index in [1.165, 1.54) is 6.08 Å². The Balaban J connectivity index is 4.71. The fourth-order valence-electron chi connectivity index (χ4n) is 2.99. The van der Waals surface area contributed by atoms with Crippen molar-refractivity contribution >= 4 is 17.8 Å². The number of quaternary nitrogens is 1. The normalized spacial score (nSPS) is 13.4. The molecule has 0 fully saturated rings. The molecule has 0 aliphatic rings. The van der Waals surface area contributed by atoms with E-state index in [4.69, 9.17) is 5.11 Å². The standard InChI is InChI=1S/C19H34N2O6/c1-2-3-4-5-8-17(23)20-11-14-21(15-16-22,12-6-9-18(24)25)13-7-10-19(26)27/h5,8,22H,2-4,6-7,9-16H2,1H3,(H2-,20,23,24,25,26,27)/b8-5+. The molecule has 8 nitrogen and oxygen atoms in total. The van der Waals surface area contributed by atoms with Crippen molar-refractivity contribution in [1.29, 1.82) is 0 Å². The number of aliphatic carboxylic acids is 2. The Morgan fingerprint density at radius 3 is 2.26 bits per heavy atom. The monoisotopic (exact) mass is 386 g/mol. The summed E-state index contributed by atoms with van der Waals surface area (Å²) in [6.45, 7) is 4.23. The number of aliphatic hydroxyl groups is 1. The van der Waals surface area contributed by atoms with Gasteiger partial charge in [-0.3, -0.25) is 9.59 Å². The topological polar surface area (TPSA) is 127 Å². The number of hydrogen-bond donors (Lipinski definition) is 3. The van der Waals surface area contributed by atoms with Crippen molar-refractivity contribution in [1.82, 2.24) is 5.32 Å². The molecule has 0 aliphatic carbocycles. The molecular weight excluding hydrogens is 352 g/mol. The Bertz CT molecular complexity index is 459. The van der Waals surface area contributed by atoms with E-state index in [1.807, 2.05) is 6.08 Å². The maximum atomic E-state index is 11.8. The van der Waals surface area contributed by atoms with Crippen molar-refractivity contribution in [3.8, 4) is 0 Å². The summed E-state index contributed by atoms with van der Waals surface area (Å²) >= 11 is 0. The zero-order valence-electron chi connectivity index (χ0n) is 16.3. The van der Waals surface area contributed by atoms with E-state index in [-0.39, 0.29) is 25.4 Å². The van der Waals surface area contributed by atoms with Crippen molar-refractivity contribution in [3.63, 3.8) is 0 Å². The summed E-state index contributed by atoms with van der Waals surface area (Å²) < 4.78 is 0.372. The van der Waals surface area contributed by atoms with Crippen LogP contribution in [0.1, 0.15) is 51.9 Å². The average Bonchev–Trinajstić information content (AvgIpc) is 2.58. The van der Waals surface area contributed by atoms with Gasteiger partial charge in [-0.15, -0.1) is 0 Å². The van der Waals surface area contributed by atoms with Crippen LogP contribution in [0.3, 0.4) is 0 Å². The van der Waals surface area contributed by atoms with Gasteiger partial charge in [0.05, 0.1) is 39.2 Å². The summed E-state index contributed by atoms with van der Waals surface area (Å²) in [5.41, 5.74) is 0. The van der Waals surface area contributed by atoms with Gasteiger partial charge in [0.25, 0.3) is 0 Å². The first kappa shape index (κ1) is 25.1. The van der Waals surface area contributed by atoms with Crippen molar-refractivity contribution < 1.29 is 34.2 Å².